The molecular formula is C25H28N8O2S2. The van der Waals surface area contributed by atoms with Gasteiger partial charge in [0.1, 0.15) is 12.7 Å². The van der Waals surface area contributed by atoms with Crippen LogP contribution in [0.1, 0.15) is 22.3 Å². The Bertz CT molecular complexity index is 1310. The summed E-state index contributed by atoms with van der Waals surface area (Å²) in [5.41, 5.74) is 5.85. The van der Waals surface area contributed by atoms with Crippen LogP contribution in [0.2, 0.25) is 0 Å². The maximum absolute atomic E-state index is 12.4. The van der Waals surface area contributed by atoms with E-state index in [2.05, 4.69) is 43.2 Å². The first-order valence-electron chi connectivity index (χ1n) is 11.5. The first kappa shape index (κ1) is 26.4. The molecule has 2 aromatic carbocycles. The van der Waals surface area contributed by atoms with Crippen molar-refractivity contribution in [3.63, 3.8) is 0 Å². The molecule has 10 nitrogen and oxygen atoms in total. The lowest BCUT2D eigenvalue weighted by atomic mass is 10.00. The van der Waals surface area contributed by atoms with Crippen LogP contribution in [0.3, 0.4) is 0 Å². The number of thioether (sulfide) groups is 2. The molecule has 2 amide bonds. The number of nitrogens with zero attached hydrogens (tertiary/aromatic N) is 6. The first-order chi connectivity index (χ1) is 17.8. The first-order valence-corrected chi connectivity index (χ1v) is 13.5. The Labute approximate surface area is 223 Å². The highest BCUT2D eigenvalue weighted by Crippen LogP contribution is 2.23. The van der Waals surface area contributed by atoms with Crippen molar-refractivity contribution in [2.75, 3.05) is 22.1 Å². The number of hydrogen-bond donors (Lipinski definition) is 2. The van der Waals surface area contributed by atoms with Gasteiger partial charge in [0.25, 0.3) is 0 Å². The van der Waals surface area contributed by atoms with Gasteiger partial charge in [-0.2, -0.15) is 0 Å². The summed E-state index contributed by atoms with van der Waals surface area (Å²) in [5, 5.41) is 22.9. The largest absolute Gasteiger partial charge is 0.325 e. The van der Waals surface area contributed by atoms with Crippen molar-refractivity contribution < 1.29 is 9.59 Å². The van der Waals surface area contributed by atoms with E-state index in [0.29, 0.717) is 10.3 Å². The van der Waals surface area contributed by atoms with E-state index in [4.69, 9.17) is 0 Å². The Morgan fingerprint density at radius 3 is 1.54 bits per heavy atom. The van der Waals surface area contributed by atoms with Crippen LogP contribution in [0.4, 0.5) is 11.4 Å². The highest BCUT2D eigenvalue weighted by atomic mass is 32.2. The van der Waals surface area contributed by atoms with Gasteiger partial charge in [-0.25, -0.2) is 0 Å². The summed E-state index contributed by atoms with van der Waals surface area (Å²) in [6.07, 6.45) is 3.96. The van der Waals surface area contributed by atoms with E-state index in [1.54, 1.807) is 21.8 Å². The normalized spacial score (nSPS) is 10.9. The lowest BCUT2D eigenvalue weighted by Gasteiger charge is -2.12. The summed E-state index contributed by atoms with van der Waals surface area (Å²) in [7, 11) is 3.69. The molecule has 0 aliphatic carbocycles. The lowest BCUT2D eigenvalue weighted by Crippen LogP contribution is -2.15. The van der Waals surface area contributed by atoms with Crippen LogP contribution in [0, 0.1) is 13.8 Å². The highest BCUT2D eigenvalue weighted by Gasteiger charge is 2.11. The van der Waals surface area contributed by atoms with Crippen LogP contribution in [0.5, 0.6) is 0 Å². The predicted molar refractivity (Wildman–Crippen MR) is 146 cm³/mol. The van der Waals surface area contributed by atoms with Crippen molar-refractivity contribution in [1.82, 2.24) is 29.5 Å². The molecule has 12 heteroatoms. The number of rotatable bonds is 10. The van der Waals surface area contributed by atoms with E-state index in [9.17, 15) is 9.59 Å². The third-order valence-corrected chi connectivity index (χ3v) is 7.61. The zero-order valence-corrected chi connectivity index (χ0v) is 22.7. The molecule has 0 aliphatic heterocycles. The average Bonchev–Trinajstić information content (AvgIpc) is 3.47. The zero-order valence-electron chi connectivity index (χ0n) is 21.1. The van der Waals surface area contributed by atoms with Gasteiger partial charge in [-0.3, -0.25) is 9.59 Å². The van der Waals surface area contributed by atoms with Gasteiger partial charge >= 0.3 is 0 Å². The van der Waals surface area contributed by atoms with E-state index in [0.717, 1.165) is 40.0 Å². The number of nitrogens with one attached hydrogen (secondary N) is 2. The Morgan fingerprint density at radius 1 is 0.757 bits per heavy atom. The molecule has 2 N–H and O–H groups in total. The number of aromatic nitrogens is 6. The van der Waals surface area contributed by atoms with E-state index < -0.39 is 0 Å². The van der Waals surface area contributed by atoms with E-state index in [1.165, 1.54) is 23.5 Å². The standard InChI is InChI=1S/C25H28N8O2S2/c1-16-9-18(5-7-20(16)28-22(34)12-36-24-30-26-14-32(24)3)11-19-6-8-21(17(2)10-19)29-23(35)13-37-25-31-27-15-33(25)4/h5-10,14-15H,11-13H2,1-4H3,(H,28,34)(H,29,35). The molecule has 2 heterocycles. The zero-order chi connectivity index (χ0) is 26.4. The quantitative estimate of drug-likeness (QED) is 0.295. The smallest absolute Gasteiger partial charge is 0.234 e. The lowest BCUT2D eigenvalue weighted by molar-refractivity contribution is -0.114. The molecule has 4 aromatic rings. The molecular weight excluding hydrogens is 508 g/mol. The fourth-order valence-electron chi connectivity index (χ4n) is 3.63. The van der Waals surface area contributed by atoms with Gasteiger partial charge in [-0.05, 0) is 54.7 Å². The topological polar surface area (TPSA) is 120 Å². The number of amides is 2. The molecule has 0 saturated carbocycles. The molecule has 0 unspecified atom stereocenters. The SMILES string of the molecule is Cc1cc(Cc2ccc(NC(=O)CSc3nncn3C)c(C)c2)ccc1NC(=O)CSc1nncn1C. The number of benzene rings is 2. The Hall–Kier alpha value is -3.64. The minimum Gasteiger partial charge on any atom is -0.325 e. The van der Waals surface area contributed by atoms with Crippen LogP contribution in [-0.2, 0) is 30.1 Å². The number of carbonyl (C=O) groups excluding carboxylic acids is 2. The Morgan fingerprint density at radius 2 is 1.19 bits per heavy atom. The fraction of sp³-hybridized carbons (Fsp3) is 0.280. The van der Waals surface area contributed by atoms with E-state index >= 15 is 0 Å². The number of hydrogen-bond acceptors (Lipinski definition) is 8. The molecule has 0 fully saturated rings. The minimum absolute atomic E-state index is 0.0907. The van der Waals surface area contributed by atoms with Gasteiger partial charge < -0.3 is 19.8 Å². The summed E-state index contributed by atoms with van der Waals surface area (Å²) in [5.74, 6) is 0.336. The van der Waals surface area contributed by atoms with Gasteiger partial charge in [0, 0.05) is 25.5 Å². The van der Waals surface area contributed by atoms with Crippen LogP contribution in [-0.4, -0.2) is 52.8 Å². The molecule has 4 rings (SSSR count). The second kappa shape index (κ2) is 12.1. The van der Waals surface area contributed by atoms with Crippen molar-refractivity contribution in [3.8, 4) is 0 Å². The molecule has 37 heavy (non-hydrogen) atoms. The van der Waals surface area contributed by atoms with Crippen molar-refractivity contribution in [1.29, 1.82) is 0 Å². The van der Waals surface area contributed by atoms with Gasteiger partial charge in [0.2, 0.25) is 11.8 Å². The molecule has 0 radical (unpaired) electrons. The fourth-order valence-corrected chi connectivity index (χ4v) is 5.00. The molecule has 0 atom stereocenters. The monoisotopic (exact) mass is 536 g/mol. The summed E-state index contributed by atoms with van der Waals surface area (Å²) in [6.45, 7) is 3.97. The van der Waals surface area contributed by atoms with E-state index in [1.807, 2.05) is 52.2 Å². The van der Waals surface area contributed by atoms with Crippen LogP contribution in [0.15, 0.2) is 59.4 Å². The summed E-state index contributed by atoms with van der Waals surface area (Å²) >= 11 is 2.69. The maximum atomic E-state index is 12.4. The van der Waals surface area contributed by atoms with Crippen molar-refractivity contribution in [3.05, 3.63) is 71.3 Å². The second-order valence-corrected chi connectivity index (χ2v) is 10.5. The van der Waals surface area contributed by atoms with E-state index in [-0.39, 0.29) is 23.3 Å². The molecule has 0 saturated heterocycles. The number of aryl methyl sites for hydroxylation is 4. The third-order valence-electron chi connectivity index (χ3n) is 5.54. The van der Waals surface area contributed by atoms with Gasteiger partial charge in [0.15, 0.2) is 10.3 Å². The molecule has 0 spiro atoms. The average molecular weight is 537 g/mol. The summed E-state index contributed by atoms with van der Waals surface area (Å²) in [6, 6.07) is 12.1. The maximum Gasteiger partial charge on any atom is 0.234 e. The van der Waals surface area contributed by atoms with Gasteiger partial charge in [0.05, 0.1) is 11.5 Å². The summed E-state index contributed by atoms with van der Waals surface area (Å²) in [4.78, 5) is 24.8. The molecule has 0 bridgehead atoms. The van der Waals surface area contributed by atoms with Gasteiger partial charge in [-0.1, -0.05) is 47.8 Å². The predicted octanol–water partition coefficient (Wildman–Crippen LogP) is 3.61. The Balaban J connectivity index is 1.30. The van der Waals surface area contributed by atoms with Gasteiger partial charge in [-0.15, -0.1) is 20.4 Å². The number of anilines is 2. The van der Waals surface area contributed by atoms with Crippen LogP contribution in [0.25, 0.3) is 0 Å². The summed E-state index contributed by atoms with van der Waals surface area (Å²) < 4.78 is 3.56. The molecule has 192 valence electrons. The van der Waals surface area contributed by atoms with Crippen molar-refractivity contribution in [2.24, 2.45) is 14.1 Å². The highest BCUT2D eigenvalue weighted by molar-refractivity contribution is 8.00. The Kier molecular flexibility index (Phi) is 8.62. The number of carbonyl (C=O) groups is 2. The second-order valence-electron chi connectivity index (χ2n) is 8.60. The van der Waals surface area contributed by atoms with Crippen molar-refractivity contribution >= 4 is 46.7 Å². The molecule has 0 aliphatic rings. The van der Waals surface area contributed by atoms with Crippen molar-refractivity contribution in [2.45, 2.75) is 30.6 Å². The third kappa shape index (κ3) is 7.20. The minimum atomic E-state index is -0.0907. The molecule has 2 aromatic heterocycles. The van der Waals surface area contributed by atoms with Crippen LogP contribution < -0.4 is 10.6 Å². The van der Waals surface area contributed by atoms with Crippen LogP contribution >= 0.6 is 23.5 Å².